The number of amidine groups is 1. The summed E-state index contributed by atoms with van der Waals surface area (Å²) in [5, 5.41) is 22.4. The van der Waals surface area contributed by atoms with Gasteiger partial charge in [0.15, 0.2) is 11.4 Å². The number of aliphatic hydroxyl groups excluding tert-OH is 1. The minimum Gasteiger partial charge on any atom is -0.396 e. The molecule has 0 bridgehead atoms. The van der Waals surface area contributed by atoms with Crippen LogP contribution < -0.4 is 10.6 Å². The van der Waals surface area contributed by atoms with Gasteiger partial charge in [-0.25, -0.2) is 0 Å². The largest absolute Gasteiger partial charge is 0.396 e. The molecule has 1 aliphatic carbocycles. The molecule has 0 radical (unpaired) electrons. The molecule has 33 heavy (non-hydrogen) atoms. The molecule has 3 aliphatic heterocycles. The van der Waals surface area contributed by atoms with Gasteiger partial charge in [-0.3, -0.25) is 14.1 Å². The smallest absolute Gasteiger partial charge is 0.167 e. The maximum atomic E-state index is 12.7. The Bertz CT molecular complexity index is 1150. The second-order valence-electron chi connectivity index (χ2n) is 9.82. The Kier molecular flexibility index (Phi) is 5.31. The SMILES string of the molecule is CC1(N2CCC(c3noc4ccccc34)CC2)NC(=NC2CCC2CO)C2=C(CCS2=O)N1. The fourth-order valence-electron chi connectivity index (χ4n) is 5.68. The highest BCUT2D eigenvalue weighted by molar-refractivity contribution is 7.90. The van der Waals surface area contributed by atoms with Gasteiger partial charge in [-0.15, -0.1) is 0 Å². The van der Waals surface area contributed by atoms with Crippen molar-refractivity contribution in [2.75, 3.05) is 25.4 Å². The van der Waals surface area contributed by atoms with Crippen LogP contribution in [0.2, 0.25) is 0 Å². The topological polar surface area (TPSA) is 103 Å². The van der Waals surface area contributed by atoms with Crippen LogP contribution in [-0.2, 0) is 10.8 Å². The first kappa shape index (κ1) is 21.3. The van der Waals surface area contributed by atoms with Crippen molar-refractivity contribution in [2.24, 2.45) is 10.9 Å². The van der Waals surface area contributed by atoms with Crippen LogP contribution in [0.5, 0.6) is 0 Å². The number of aromatic nitrogens is 1. The van der Waals surface area contributed by atoms with Gasteiger partial charge in [-0.05, 0) is 44.7 Å². The molecule has 3 N–H and O–H groups in total. The first-order chi connectivity index (χ1) is 16.1. The molecule has 2 fully saturated rings. The van der Waals surface area contributed by atoms with E-state index < -0.39 is 16.6 Å². The number of nitrogens with zero attached hydrogens (tertiary/aromatic N) is 3. The van der Waals surface area contributed by atoms with Gasteiger partial charge in [0, 0.05) is 54.8 Å². The summed E-state index contributed by atoms with van der Waals surface area (Å²) in [4.78, 5) is 8.23. The Morgan fingerprint density at radius 2 is 2.06 bits per heavy atom. The van der Waals surface area contributed by atoms with Crippen molar-refractivity contribution in [3.05, 3.63) is 40.6 Å². The molecular formula is C24H31N5O3S. The van der Waals surface area contributed by atoms with Crippen molar-refractivity contribution < 1.29 is 13.8 Å². The summed E-state index contributed by atoms with van der Waals surface area (Å²) in [5.41, 5.74) is 2.97. The molecule has 0 spiro atoms. The van der Waals surface area contributed by atoms with E-state index in [0.29, 0.717) is 11.7 Å². The third-order valence-electron chi connectivity index (χ3n) is 7.84. The molecule has 176 valence electrons. The average Bonchev–Trinajstić information content (AvgIpc) is 3.40. The number of piperidine rings is 1. The van der Waals surface area contributed by atoms with E-state index in [1.165, 1.54) is 0 Å². The first-order valence-electron chi connectivity index (χ1n) is 12.0. The van der Waals surface area contributed by atoms with Gasteiger partial charge >= 0.3 is 0 Å². The van der Waals surface area contributed by atoms with E-state index in [4.69, 9.17) is 9.52 Å². The van der Waals surface area contributed by atoms with Crippen LogP contribution in [0.25, 0.3) is 11.0 Å². The van der Waals surface area contributed by atoms with E-state index in [1.54, 1.807) is 0 Å². The molecule has 4 atom stereocenters. The number of fused-ring (bicyclic) bond motifs is 1. The van der Waals surface area contributed by atoms with Gasteiger partial charge in [0.05, 0.1) is 27.4 Å². The van der Waals surface area contributed by atoms with E-state index in [1.807, 2.05) is 18.2 Å². The highest BCUT2D eigenvalue weighted by Gasteiger charge is 2.44. The van der Waals surface area contributed by atoms with Crippen LogP contribution in [0, 0.1) is 5.92 Å². The van der Waals surface area contributed by atoms with Crippen LogP contribution in [0.15, 0.2) is 44.4 Å². The zero-order chi connectivity index (χ0) is 22.6. The van der Waals surface area contributed by atoms with Crippen molar-refractivity contribution in [1.29, 1.82) is 0 Å². The van der Waals surface area contributed by atoms with Crippen LogP contribution in [0.4, 0.5) is 0 Å². The highest BCUT2D eigenvalue weighted by atomic mass is 32.2. The number of nitrogens with one attached hydrogen (secondary N) is 2. The summed E-state index contributed by atoms with van der Waals surface area (Å²) in [6.07, 6.45) is 4.76. The third kappa shape index (κ3) is 3.61. The summed E-state index contributed by atoms with van der Waals surface area (Å²) in [7, 11) is -1.03. The van der Waals surface area contributed by atoms with Crippen LogP contribution >= 0.6 is 0 Å². The number of hydrogen-bond acceptors (Lipinski definition) is 7. The van der Waals surface area contributed by atoms with Crippen molar-refractivity contribution >= 4 is 27.6 Å². The monoisotopic (exact) mass is 469 g/mol. The summed E-state index contributed by atoms with van der Waals surface area (Å²) in [6.45, 7) is 4.13. The molecule has 1 saturated heterocycles. The van der Waals surface area contributed by atoms with E-state index in [0.717, 1.165) is 78.3 Å². The number of benzene rings is 1. The van der Waals surface area contributed by atoms with E-state index >= 15 is 0 Å². The number of likely N-dealkylation sites (tertiary alicyclic amines) is 1. The molecular weight excluding hydrogens is 438 g/mol. The van der Waals surface area contributed by atoms with E-state index in [2.05, 4.69) is 33.7 Å². The van der Waals surface area contributed by atoms with Crippen LogP contribution in [-0.4, -0.2) is 62.5 Å². The number of aliphatic hydroxyl groups is 1. The molecule has 1 aromatic heterocycles. The molecule has 1 aromatic carbocycles. The van der Waals surface area contributed by atoms with Crippen molar-refractivity contribution in [1.82, 2.24) is 20.7 Å². The molecule has 4 unspecified atom stereocenters. The summed E-state index contributed by atoms with van der Waals surface area (Å²) >= 11 is 0. The van der Waals surface area contributed by atoms with Gasteiger partial charge in [-0.2, -0.15) is 0 Å². The van der Waals surface area contributed by atoms with Crippen molar-refractivity contribution in [2.45, 2.75) is 56.8 Å². The molecule has 6 rings (SSSR count). The lowest BCUT2D eigenvalue weighted by molar-refractivity contribution is 0.0382. The quantitative estimate of drug-likeness (QED) is 0.632. The van der Waals surface area contributed by atoms with Crippen LogP contribution in [0.3, 0.4) is 0 Å². The first-order valence-corrected chi connectivity index (χ1v) is 13.3. The highest BCUT2D eigenvalue weighted by Crippen LogP contribution is 2.37. The molecule has 2 aromatic rings. The molecule has 4 heterocycles. The molecule has 0 amide bonds. The fraction of sp³-hybridized carbons (Fsp3) is 0.583. The number of allylic oxidation sites excluding steroid dienone is 1. The Hall–Kier alpha value is -2.23. The molecule has 8 nitrogen and oxygen atoms in total. The van der Waals surface area contributed by atoms with Gasteiger partial charge in [0.1, 0.15) is 5.84 Å². The molecule has 9 heteroatoms. The summed E-state index contributed by atoms with van der Waals surface area (Å²) < 4.78 is 18.3. The van der Waals surface area contributed by atoms with E-state index in [-0.39, 0.29) is 18.6 Å². The lowest BCUT2D eigenvalue weighted by Crippen LogP contribution is -2.70. The maximum absolute atomic E-state index is 12.7. The Morgan fingerprint density at radius 1 is 1.24 bits per heavy atom. The third-order valence-corrected chi connectivity index (χ3v) is 9.31. The van der Waals surface area contributed by atoms with Crippen molar-refractivity contribution in [3.63, 3.8) is 0 Å². The lowest BCUT2D eigenvalue weighted by Gasteiger charge is -2.49. The lowest BCUT2D eigenvalue weighted by atomic mass is 9.80. The fourth-order valence-corrected chi connectivity index (χ4v) is 7.02. The van der Waals surface area contributed by atoms with Crippen molar-refractivity contribution in [3.8, 4) is 0 Å². The predicted molar refractivity (Wildman–Crippen MR) is 128 cm³/mol. The number of para-hydroxylation sites is 1. The van der Waals surface area contributed by atoms with E-state index in [9.17, 15) is 9.32 Å². The second kappa shape index (κ2) is 8.21. The van der Waals surface area contributed by atoms with Crippen LogP contribution in [0.1, 0.15) is 50.6 Å². The molecule has 1 saturated carbocycles. The zero-order valence-electron chi connectivity index (χ0n) is 18.9. The number of rotatable bonds is 4. The summed E-state index contributed by atoms with van der Waals surface area (Å²) in [6, 6.07) is 8.19. The Morgan fingerprint density at radius 3 is 2.82 bits per heavy atom. The Balaban J connectivity index is 1.22. The van der Waals surface area contributed by atoms with Gasteiger partial charge in [0.25, 0.3) is 0 Å². The Labute approximate surface area is 195 Å². The minimum atomic E-state index is -1.03. The number of hydrogen-bond donors (Lipinski definition) is 3. The average molecular weight is 470 g/mol. The van der Waals surface area contributed by atoms with Gasteiger partial charge in [0.2, 0.25) is 0 Å². The second-order valence-corrected chi connectivity index (χ2v) is 11.3. The standard InChI is InChI=1S/C24H31N5O3S/c1-24(29-11-8-15(9-12-29)21-17-4-2-3-5-20(17)32-28-21)26-19-10-13-33(31)22(19)23(27-24)25-18-7-6-16(18)14-30/h2-5,15-16,18,26,30H,6-14H2,1H3,(H,25,27). The minimum absolute atomic E-state index is 0.109. The normalized spacial score (nSPS) is 34.2. The molecule has 4 aliphatic rings. The number of aliphatic imine (C=N–C) groups is 1. The zero-order valence-corrected chi connectivity index (χ0v) is 19.7. The van der Waals surface area contributed by atoms with Gasteiger partial charge in [-0.1, -0.05) is 17.3 Å². The predicted octanol–water partition coefficient (Wildman–Crippen LogP) is 2.41. The maximum Gasteiger partial charge on any atom is 0.167 e. The summed E-state index contributed by atoms with van der Waals surface area (Å²) in [5.74, 6) is 1.51. The van der Waals surface area contributed by atoms with Gasteiger partial charge < -0.3 is 20.3 Å².